The molecule has 0 atom stereocenters. The number of pyridine rings is 1. The van der Waals surface area contributed by atoms with Crippen LogP contribution in [0.25, 0.3) is 11.1 Å². The Morgan fingerprint density at radius 3 is 2.14 bits per heavy atom. The third-order valence-electron chi connectivity index (χ3n) is 2.11. The molecule has 2 rings (SSSR count). The van der Waals surface area contributed by atoms with Crippen LogP contribution in [-0.4, -0.2) is 4.98 Å². The van der Waals surface area contributed by atoms with Gasteiger partial charge in [0.05, 0.1) is 0 Å². The van der Waals surface area contributed by atoms with E-state index in [1.54, 1.807) is 0 Å². The number of hydrogen-bond acceptors (Lipinski definition) is 1. The average Bonchev–Trinajstić information content (AvgIpc) is 2.21. The summed E-state index contributed by atoms with van der Waals surface area (Å²) in [7, 11) is 0. The van der Waals surface area contributed by atoms with E-state index in [4.69, 9.17) is 0 Å². The zero-order valence-corrected chi connectivity index (χ0v) is 10.0. The lowest BCUT2D eigenvalue weighted by atomic mass is 10.1. The van der Waals surface area contributed by atoms with E-state index in [0.717, 1.165) is 3.70 Å². The molecule has 0 amide bonds. The molecule has 2 aromatic rings. The van der Waals surface area contributed by atoms with Gasteiger partial charge in [0.25, 0.3) is 0 Å². The van der Waals surface area contributed by atoms with Crippen molar-refractivity contribution in [2.24, 2.45) is 0 Å². The van der Waals surface area contributed by atoms with Crippen molar-refractivity contribution >= 4 is 22.6 Å². The molecule has 0 saturated heterocycles. The summed E-state index contributed by atoms with van der Waals surface area (Å²) in [6.45, 7) is 2.09. The molecular weight excluding hydrogens is 285 g/mol. The van der Waals surface area contributed by atoms with Crippen LogP contribution in [0.5, 0.6) is 0 Å². The fourth-order valence-electron chi connectivity index (χ4n) is 1.29. The maximum atomic E-state index is 4.26. The molecule has 0 radical (unpaired) electrons. The Kier molecular flexibility index (Phi) is 2.82. The largest absolute Gasteiger partial charge is 0.250 e. The van der Waals surface area contributed by atoms with Crippen LogP contribution >= 0.6 is 22.6 Å². The van der Waals surface area contributed by atoms with Gasteiger partial charge >= 0.3 is 0 Å². The number of hydrogen-bond donors (Lipinski definition) is 0. The van der Waals surface area contributed by atoms with Crippen molar-refractivity contribution in [2.45, 2.75) is 6.92 Å². The quantitative estimate of drug-likeness (QED) is 0.578. The van der Waals surface area contributed by atoms with Crippen molar-refractivity contribution in [3.05, 3.63) is 51.9 Å². The van der Waals surface area contributed by atoms with E-state index >= 15 is 0 Å². The lowest BCUT2D eigenvalue weighted by Crippen LogP contribution is -1.82. The van der Waals surface area contributed by atoms with Gasteiger partial charge in [-0.15, -0.1) is 0 Å². The molecule has 14 heavy (non-hydrogen) atoms. The molecule has 1 heterocycles. The fourth-order valence-corrected chi connectivity index (χ4v) is 1.61. The van der Waals surface area contributed by atoms with Gasteiger partial charge in [-0.1, -0.05) is 35.9 Å². The van der Waals surface area contributed by atoms with Gasteiger partial charge in [-0.3, -0.25) is 0 Å². The first-order valence-electron chi connectivity index (χ1n) is 4.44. The highest BCUT2D eigenvalue weighted by molar-refractivity contribution is 14.1. The Morgan fingerprint density at radius 1 is 0.929 bits per heavy atom. The smallest absolute Gasteiger partial charge is 0.101 e. The third kappa shape index (κ3) is 2.12. The number of rotatable bonds is 1. The maximum Gasteiger partial charge on any atom is 0.101 e. The molecule has 2 heteroatoms. The van der Waals surface area contributed by atoms with Crippen molar-refractivity contribution < 1.29 is 0 Å². The number of aryl methyl sites for hydroxylation is 1. The molecule has 1 nitrogen and oxygen atoms in total. The molecule has 0 bridgehead atoms. The predicted molar refractivity (Wildman–Crippen MR) is 67.1 cm³/mol. The van der Waals surface area contributed by atoms with E-state index in [9.17, 15) is 0 Å². The Balaban J connectivity index is 2.40. The van der Waals surface area contributed by atoms with Crippen LogP contribution in [0.15, 0.2) is 42.6 Å². The highest BCUT2D eigenvalue weighted by Crippen LogP contribution is 2.19. The van der Waals surface area contributed by atoms with Crippen LogP contribution < -0.4 is 0 Å². The lowest BCUT2D eigenvalue weighted by Gasteiger charge is -2.01. The average molecular weight is 295 g/mol. The third-order valence-corrected chi connectivity index (χ3v) is 2.75. The second-order valence-electron chi connectivity index (χ2n) is 3.24. The molecule has 0 unspecified atom stereocenters. The second-order valence-corrected chi connectivity index (χ2v) is 4.34. The predicted octanol–water partition coefficient (Wildman–Crippen LogP) is 3.66. The molecule has 0 aliphatic carbocycles. The van der Waals surface area contributed by atoms with E-state index in [-0.39, 0.29) is 0 Å². The van der Waals surface area contributed by atoms with Gasteiger partial charge in [0.2, 0.25) is 0 Å². The minimum Gasteiger partial charge on any atom is -0.250 e. The molecule has 70 valence electrons. The van der Waals surface area contributed by atoms with Gasteiger partial charge in [0.1, 0.15) is 3.70 Å². The summed E-state index contributed by atoms with van der Waals surface area (Å²) in [6.07, 6.45) is 1.91. The van der Waals surface area contributed by atoms with E-state index in [1.807, 2.05) is 12.3 Å². The van der Waals surface area contributed by atoms with Gasteiger partial charge in [0.15, 0.2) is 0 Å². The van der Waals surface area contributed by atoms with Crippen molar-refractivity contribution in [3.63, 3.8) is 0 Å². The summed E-state index contributed by atoms with van der Waals surface area (Å²) < 4.78 is 1.03. The fraction of sp³-hybridized carbons (Fsp3) is 0.0833. The van der Waals surface area contributed by atoms with Crippen LogP contribution in [0.3, 0.4) is 0 Å². The van der Waals surface area contributed by atoms with E-state index in [2.05, 4.69) is 64.8 Å². The van der Waals surface area contributed by atoms with Gasteiger partial charge in [0, 0.05) is 11.8 Å². The molecule has 0 spiro atoms. The van der Waals surface area contributed by atoms with Crippen LogP contribution in [0.1, 0.15) is 5.56 Å². The van der Waals surface area contributed by atoms with Gasteiger partial charge in [-0.2, -0.15) is 0 Å². The number of benzene rings is 1. The van der Waals surface area contributed by atoms with Crippen molar-refractivity contribution in [2.75, 3.05) is 0 Å². The maximum absolute atomic E-state index is 4.26. The number of aromatic nitrogens is 1. The minimum absolute atomic E-state index is 1.03. The summed E-state index contributed by atoms with van der Waals surface area (Å²) in [5.41, 5.74) is 3.68. The van der Waals surface area contributed by atoms with Crippen LogP contribution in [0, 0.1) is 10.6 Å². The number of halogens is 1. The standard InChI is InChI=1S/C12H10IN/c1-9-2-4-10(5-3-9)11-6-7-12(13)14-8-11/h2-8H,1H3. The summed E-state index contributed by atoms with van der Waals surface area (Å²) in [6, 6.07) is 12.6. The molecule has 0 N–H and O–H groups in total. The Bertz CT molecular complexity index is 374. The summed E-state index contributed by atoms with van der Waals surface area (Å²) in [4.78, 5) is 4.26. The minimum atomic E-state index is 1.03. The first-order chi connectivity index (χ1) is 6.75. The monoisotopic (exact) mass is 295 g/mol. The van der Waals surface area contributed by atoms with Crippen LogP contribution in [0.4, 0.5) is 0 Å². The first-order valence-corrected chi connectivity index (χ1v) is 5.52. The van der Waals surface area contributed by atoms with Crippen molar-refractivity contribution in [1.82, 2.24) is 4.98 Å². The Labute approximate surface area is 97.3 Å². The SMILES string of the molecule is Cc1ccc(-c2ccc(I)nc2)cc1. The van der Waals surface area contributed by atoms with Crippen LogP contribution in [0.2, 0.25) is 0 Å². The molecule has 0 aliphatic heterocycles. The van der Waals surface area contributed by atoms with Gasteiger partial charge in [-0.05, 0) is 41.1 Å². The molecule has 1 aromatic carbocycles. The molecule has 0 aliphatic rings. The normalized spacial score (nSPS) is 10.1. The van der Waals surface area contributed by atoms with E-state index in [1.165, 1.54) is 16.7 Å². The summed E-state index contributed by atoms with van der Waals surface area (Å²) in [5, 5.41) is 0. The summed E-state index contributed by atoms with van der Waals surface area (Å²) in [5.74, 6) is 0. The molecule has 0 saturated carbocycles. The number of nitrogens with zero attached hydrogens (tertiary/aromatic N) is 1. The Hall–Kier alpha value is -0.900. The molecular formula is C12H10IN. The zero-order chi connectivity index (χ0) is 9.97. The highest BCUT2D eigenvalue weighted by atomic mass is 127. The van der Waals surface area contributed by atoms with E-state index in [0.29, 0.717) is 0 Å². The van der Waals surface area contributed by atoms with Gasteiger partial charge < -0.3 is 0 Å². The zero-order valence-electron chi connectivity index (χ0n) is 7.87. The molecule has 1 aromatic heterocycles. The second kappa shape index (κ2) is 4.09. The highest BCUT2D eigenvalue weighted by Gasteiger charge is 1.96. The molecule has 0 fully saturated rings. The summed E-state index contributed by atoms with van der Waals surface area (Å²) >= 11 is 2.21. The topological polar surface area (TPSA) is 12.9 Å². The van der Waals surface area contributed by atoms with Crippen molar-refractivity contribution in [1.29, 1.82) is 0 Å². The first kappa shape index (κ1) is 9.65. The van der Waals surface area contributed by atoms with Crippen molar-refractivity contribution in [3.8, 4) is 11.1 Å². The van der Waals surface area contributed by atoms with Gasteiger partial charge in [-0.25, -0.2) is 4.98 Å². The van der Waals surface area contributed by atoms with E-state index < -0.39 is 0 Å². The lowest BCUT2D eigenvalue weighted by molar-refractivity contribution is 1.27. The Morgan fingerprint density at radius 2 is 1.57 bits per heavy atom. The van der Waals surface area contributed by atoms with Crippen LogP contribution in [-0.2, 0) is 0 Å².